The predicted octanol–water partition coefficient (Wildman–Crippen LogP) is 1.15. The minimum Gasteiger partial charge on any atom is -0.466 e. The molecule has 0 fully saturated rings. The van der Waals surface area contributed by atoms with E-state index in [2.05, 4.69) is 19.8 Å². The van der Waals surface area contributed by atoms with Crippen LogP contribution in [0.5, 0.6) is 0 Å². The SMILES string of the molecule is COC(=O)/C=C/N(/C=C/C(=O)OC)c1ccc2nnn(C)c2c1. The van der Waals surface area contributed by atoms with Crippen LogP contribution in [0.3, 0.4) is 0 Å². The van der Waals surface area contributed by atoms with E-state index >= 15 is 0 Å². The van der Waals surface area contributed by atoms with Crippen LogP contribution in [0.25, 0.3) is 11.0 Å². The minimum absolute atomic E-state index is 0.509. The average Bonchev–Trinajstić information content (AvgIpc) is 2.94. The summed E-state index contributed by atoms with van der Waals surface area (Å²) in [6, 6.07) is 5.42. The van der Waals surface area contributed by atoms with Crippen molar-refractivity contribution in [3.8, 4) is 0 Å². The number of carbonyl (C=O) groups excluding carboxylic acids is 2. The van der Waals surface area contributed by atoms with Gasteiger partial charge in [0.1, 0.15) is 5.52 Å². The highest BCUT2D eigenvalue weighted by atomic mass is 16.5. The first-order valence-electron chi connectivity index (χ1n) is 6.65. The summed E-state index contributed by atoms with van der Waals surface area (Å²) in [5.74, 6) is -1.02. The van der Waals surface area contributed by atoms with Crippen LogP contribution < -0.4 is 4.90 Å². The lowest BCUT2D eigenvalue weighted by Crippen LogP contribution is -2.10. The van der Waals surface area contributed by atoms with Crippen LogP contribution in [0.2, 0.25) is 0 Å². The monoisotopic (exact) mass is 316 g/mol. The molecule has 0 aliphatic carbocycles. The molecule has 0 amide bonds. The number of carbonyl (C=O) groups is 2. The lowest BCUT2D eigenvalue weighted by Gasteiger charge is -2.15. The van der Waals surface area contributed by atoms with Crippen LogP contribution >= 0.6 is 0 Å². The van der Waals surface area contributed by atoms with Crippen molar-refractivity contribution in [1.82, 2.24) is 15.0 Å². The second kappa shape index (κ2) is 7.21. The molecular weight excluding hydrogens is 300 g/mol. The Labute approximate surface area is 132 Å². The first-order chi connectivity index (χ1) is 11.0. The molecule has 0 saturated carbocycles. The van der Waals surface area contributed by atoms with Gasteiger partial charge in [0.15, 0.2) is 0 Å². The zero-order valence-electron chi connectivity index (χ0n) is 13.0. The zero-order valence-corrected chi connectivity index (χ0v) is 13.0. The average molecular weight is 316 g/mol. The molecule has 0 N–H and O–H groups in total. The van der Waals surface area contributed by atoms with Crippen LogP contribution in [0.15, 0.2) is 42.8 Å². The third-order valence-corrected chi connectivity index (χ3v) is 3.04. The maximum Gasteiger partial charge on any atom is 0.331 e. The normalized spacial score (nSPS) is 11.3. The van der Waals surface area contributed by atoms with Gasteiger partial charge in [-0.25, -0.2) is 14.3 Å². The molecule has 2 rings (SSSR count). The van der Waals surface area contributed by atoms with E-state index in [9.17, 15) is 9.59 Å². The molecule has 0 saturated heterocycles. The van der Waals surface area contributed by atoms with Crippen molar-refractivity contribution in [2.24, 2.45) is 7.05 Å². The molecule has 1 heterocycles. The van der Waals surface area contributed by atoms with Gasteiger partial charge in [-0.3, -0.25) is 0 Å². The number of rotatable bonds is 5. The van der Waals surface area contributed by atoms with E-state index in [1.165, 1.54) is 38.8 Å². The maximum atomic E-state index is 11.3. The molecule has 0 aliphatic heterocycles. The van der Waals surface area contributed by atoms with Crippen LogP contribution in [-0.2, 0) is 26.1 Å². The molecule has 0 spiro atoms. The van der Waals surface area contributed by atoms with E-state index in [4.69, 9.17) is 0 Å². The largest absolute Gasteiger partial charge is 0.466 e. The van der Waals surface area contributed by atoms with Crippen molar-refractivity contribution in [1.29, 1.82) is 0 Å². The molecule has 1 aromatic carbocycles. The van der Waals surface area contributed by atoms with E-state index < -0.39 is 11.9 Å². The number of aryl methyl sites for hydroxylation is 1. The molecule has 0 bridgehead atoms. The molecule has 8 heteroatoms. The summed E-state index contributed by atoms with van der Waals surface area (Å²) in [6.45, 7) is 0. The highest BCUT2D eigenvalue weighted by Crippen LogP contribution is 2.21. The third-order valence-electron chi connectivity index (χ3n) is 3.04. The molecular formula is C15H16N4O4. The summed E-state index contributed by atoms with van der Waals surface area (Å²) in [5.41, 5.74) is 2.26. The Morgan fingerprint density at radius 2 is 1.74 bits per heavy atom. The Morgan fingerprint density at radius 1 is 1.13 bits per heavy atom. The molecule has 1 aromatic heterocycles. The van der Waals surface area contributed by atoms with E-state index in [0.717, 1.165) is 11.0 Å². The van der Waals surface area contributed by atoms with Crippen molar-refractivity contribution < 1.29 is 19.1 Å². The Morgan fingerprint density at radius 3 is 2.30 bits per heavy atom. The number of ether oxygens (including phenoxy) is 2. The van der Waals surface area contributed by atoms with Gasteiger partial charge in [-0.05, 0) is 18.2 Å². The van der Waals surface area contributed by atoms with Crippen LogP contribution in [0.4, 0.5) is 5.69 Å². The quantitative estimate of drug-likeness (QED) is 0.604. The van der Waals surface area contributed by atoms with Gasteiger partial charge in [0.2, 0.25) is 0 Å². The Kier molecular flexibility index (Phi) is 5.08. The number of fused-ring (bicyclic) bond motifs is 1. The summed E-state index contributed by atoms with van der Waals surface area (Å²) in [4.78, 5) is 24.2. The lowest BCUT2D eigenvalue weighted by atomic mass is 10.2. The van der Waals surface area contributed by atoms with Gasteiger partial charge in [-0.1, -0.05) is 5.21 Å². The highest BCUT2D eigenvalue weighted by molar-refractivity contribution is 5.85. The van der Waals surface area contributed by atoms with E-state index in [-0.39, 0.29) is 0 Å². The van der Waals surface area contributed by atoms with Gasteiger partial charge >= 0.3 is 11.9 Å². The summed E-state index contributed by atoms with van der Waals surface area (Å²) < 4.78 is 10.8. The van der Waals surface area contributed by atoms with Crippen LogP contribution in [0.1, 0.15) is 0 Å². The fourth-order valence-electron chi connectivity index (χ4n) is 1.82. The number of nitrogens with zero attached hydrogens (tertiary/aromatic N) is 4. The number of aromatic nitrogens is 3. The Hall–Kier alpha value is -3.16. The van der Waals surface area contributed by atoms with Crippen molar-refractivity contribution in [3.63, 3.8) is 0 Å². The standard InChI is InChI=1S/C15H16N4O4/c1-18-13-10-11(4-5-12(13)16-17-18)19(8-6-14(20)22-2)9-7-15(21)23-3/h4-10H,1-3H3/b8-6+,9-7+. The van der Waals surface area contributed by atoms with Crippen LogP contribution in [-0.4, -0.2) is 41.2 Å². The first kappa shape index (κ1) is 16.2. The van der Waals surface area contributed by atoms with Crippen molar-refractivity contribution in [2.45, 2.75) is 0 Å². The number of anilines is 1. The molecule has 8 nitrogen and oxygen atoms in total. The zero-order chi connectivity index (χ0) is 16.8. The Balaban J connectivity index is 2.38. The fourth-order valence-corrected chi connectivity index (χ4v) is 1.82. The van der Waals surface area contributed by atoms with Gasteiger partial charge in [0.25, 0.3) is 0 Å². The summed E-state index contributed by atoms with van der Waals surface area (Å²) in [6.07, 6.45) is 5.45. The molecule has 0 aliphatic rings. The minimum atomic E-state index is -0.509. The van der Waals surface area contributed by atoms with Gasteiger partial charge in [-0.2, -0.15) is 0 Å². The molecule has 0 radical (unpaired) electrons. The summed E-state index contributed by atoms with van der Waals surface area (Å²) >= 11 is 0. The highest BCUT2D eigenvalue weighted by Gasteiger charge is 2.07. The summed E-state index contributed by atoms with van der Waals surface area (Å²) in [5, 5.41) is 7.94. The number of hydrogen-bond acceptors (Lipinski definition) is 7. The number of esters is 2. The second-order valence-electron chi connectivity index (χ2n) is 4.47. The lowest BCUT2D eigenvalue weighted by molar-refractivity contribution is -0.135. The van der Waals surface area contributed by atoms with Crippen molar-refractivity contribution in [2.75, 3.05) is 19.1 Å². The summed E-state index contributed by atoms with van der Waals surface area (Å²) in [7, 11) is 4.35. The molecule has 2 aromatic rings. The van der Waals surface area contributed by atoms with Crippen molar-refractivity contribution in [3.05, 3.63) is 42.8 Å². The topological polar surface area (TPSA) is 86.6 Å². The van der Waals surface area contributed by atoms with E-state index in [1.54, 1.807) is 28.8 Å². The molecule has 23 heavy (non-hydrogen) atoms. The smallest absolute Gasteiger partial charge is 0.331 e. The molecule has 0 unspecified atom stereocenters. The van der Waals surface area contributed by atoms with Crippen LogP contribution in [0, 0.1) is 0 Å². The van der Waals surface area contributed by atoms with Gasteiger partial charge in [0, 0.05) is 37.3 Å². The number of hydrogen-bond donors (Lipinski definition) is 0. The van der Waals surface area contributed by atoms with Gasteiger partial charge in [0.05, 0.1) is 19.7 Å². The maximum absolute atomic E-state index is 11.3. The first-order valence-corrected chi connectivity index (χ1v) is 6.65. The number of benzene rings is 1. The number of methoxy groups -OCH3 is 2. The third kappa shape index (κ3) is 3.94. The molecule has 0 atom stereocenters. The predicted molar refractivity (Wildman–Crippen MR) is 83.3 cm³/mol. The van der Waals surface area contributed by atoms with Crippen molar-refractivity contribution >= 4 is 28.7 Å². The molecule has 120 valence electrons. The van der Waals surface area contributed by atoms with Gasteiger partial charge in [-0.15, -0.1) is 5.10 Å². The Bertz CT molecular complexity index is 753. The van der Waals surface area contributed by atoms with E-state index in [1.807, 2.05) is 6.07 Å². The van der Waals surface area contributed by atoms with E-state index in [0.29, 0.717) is 5.69 Å². The fraction of sp³-hybridized carbons (Fsp3) is 0.200. The van der Waals surface area contributed by atoms with Gasteiger partial charge < -0.3 is 14.4 Å². The second-order valence-corrected chi connectivity index (χ2v) is 4.47.